The summed E-state index contributed by atoms with van der Waals surface area (Å²) < 4.78 is 4.99. The average Bonchev–Trinajstić information content (AvgIpc) is 2.71. The quantitative estimate of drug-likeness (QED) is 0.320. The summed E-state index contributed by atoms with van der Waals surface area (Å²) in [7, 11) is 0. The fourth-order valence-corrected chi connectivity index (χ4v) is 2.54. The second kappa shape index (κ2) is 10.3. The van der Waals surface area contributed by atoms with Crippen molar-refractivity contribution in [3.63, 3.8) is 0 Å². The molecule has 2 aromatic rings. The van der Waals surface area contributed by atoms with Crippen LogP contribution in [0.25, 0.3) is 6.08 Å². The average molecular weight is 383 g/mol. The Kier molecular flexibility index (Phi) is 7.82. The lowest BCUT2D eigenvalue weighted by molar-refractivity contribution is -0.136. The Balaban J connectivity index is 1.84. The Morgan fingerprint density at radius 3 is 2.30 bits per heavy atom. The number of rotatable bonds is 8. The Morgan fingerprint density at radius 1 is 1.04 bits per heavy atom. The van der Waals surface area contributed by atoms with Crippen LogP contribution in [0.4, 0.5) is 5.69 Å². The largest absolute Gasteiger partial charge is 0.454 e. The molecule has 0 radical (unpaired) electrons. The van der Waals surface area contributed by atoms with Gasteiger partial charge in [-0.15, -0.1) is 11.8 Å². The standard InChI is InChI=1S/C21H21NO4S/c1-3-20(24)22-17-9-7-16(8-10-17)19(23)14-26-21(25)13-6-15-4-11-18(27-2)12-5-15/h4-13H,3,14H2,1-2H3,(H,22,24)/b13-6+. The SMILES string of the molecule is CCC(=O)Nc1ccc(C(=O)COC(=O)/C=C/c2ccc(SC)cc2)cc1. The van der Waals surface area contributed by atoms with Gasteiger partial charge in [0.1, 0.15) is 0 Å². The maximum absolute atomic E-state index is 12.1. The third-order valence-corrected chi connectivity index (χ3v) is 4.43. The summed E-state index contributed by atoms with van der Waals surface area (Å²) in [5.74, 6) is -0.989. The van der Waals surface area contributed by atoms with Gasteiger partial charge in [-0.05, 0) is 54.3 Å². The molecular weight excluding hydrogens is 362 g/mol. The van der Waals surface area contributed by atoms with E-state index in [2.05, 4.69) is 5.32 Å². The molecule has 0 bridgehead atoms. The Bertz CT molecular complexity index is 826. The van der Waals surface area contributed by atoms with E-state index < -0.39 is 5.97 Å². The van der Waals surface area contributed by atoms with E-state index in [0.717, 1.165) is 10.5 Å². The normalized spacial score (nSPS) is 10.6. The van der Waals surface area contributed by atoms with Crippen LogP contribution in [0, 0.1) is 0 Å². The first-order valence-corrected chi connectivity index (χ1v) is 9.66. The van der Waals surface area contributed by atoms with Crippen LogP contribution in [0.15, 0.2) is 59.5 Å². The lowest BCUT2D eigenvalue weighted by atomic mass is 10.1. The van der Waals surface area contributed by atoms with Crippen molar-refractivity contribution in [2.75, 3.05) is 18.2 Å². The van der Waals surface area contributed by atoms with Crippen molar-refractivity contribution in [3.05, 3.63) is 65.7 Å². The topological polar surface area (TPSA) is 72.5 Å². The number of hydrogen-bond donors (Lipinski definition) is 1. The van der Waals surface area contributed by atoms with E-state index in [9.17, 15) is 14.4 Å². The second-order valence-corrected chi connectivity index (χ2v) is 6.50. The summed E-state index contributed by atoms with van der Waals surface area (Å²) in [5.41, 5.74) is 1.90. The molecule has 1 amide bonds. The van der Waals surface area contributed by atoms with Gasteiger partial charge in [0.05, 0.1) is 0 Å². The molecule has 0 atom stereocenters. The molecule has 0 aliphatic carbocycles. The molecule has 0 spiro atoms. The first-order valence-electron chi connectivity index (χ1n) is 8.44. The van der Waals surface area contributed by atoms with Crippen LogP contribution in [-0.2, 0) is 14.3 Å². The number of carbonyl (C=O) groups is 3. The Hall–Kier alpha value is -2.86. The molecule has 1 N–H and O–H groups in total. The maximum Gasteiger partial charge on any atom is 0.331 e. The van der Waals surface area contributed by atoms with Crippen LogP contribution in [0.2, 0.25) is 0 Å². The summed E-state index contributed by atoms with van der Waals surface area (Å²) in [6, 6.07) is 14.2. The summed E-state index contributed by atoms with van der Waals surface area (Å²) in [5, 5.41) is 2.70. The first kappa shape index (κ1) is 20.5. The van der Waals surface area contributed by atoms with E-state index in [0.29, 0.717) is 17.7 Å². The number of carbonyl (C=O) groups excluding carboxylic acids is 3. The van der Waals surface area contributed by atoms with Crippen molar-refractivity contribution in [1.82, 2.24) is 0 Å². The van der Waals surface area contributed by atoms with Crippen molar-refractivity contribution in [3.8, 4) is 0 Å². The number of ketones is 1. The molecule has 0 aliphatic heterocycles. The van der Waals surface area contributed by atoms with Gasteiger partial charge >= 0.3 is 5.97 Å². The fourth-order valence-electron chi connectivity index (χ4n) is 2.14. The van der Waals surface area contributed by atoms with E-state index in [-0.39, 0.29) is 18.3 Å². The molecule has 0 unspecified atom stereocenters. The van der Waals surface area contributed by atoms with Gasteiger partial charge in [0.2, 0.25) is 5.91 Å². The predicted octanol–water partition coefficient (Wildman–Crippen LogP) is 4.20. The van der Waals surface area contributed by atoms with Crippen molar-refractivity contribution in [1.29, 1.82) is 0 Å². The minimum atomic E-state index is -0.580. The zero-order valence-corrected chi connectivity index (χ0v) is 16.0. The predicted molar refractivity (Wildman–Crippen MR) is 108 cm³/mol. The molecule has 140 valence electrons. The molecule has 0 fully saturated rings. The zero-order valence-electron chi connectivity index (χ0n) is 15.2. The first-order chi connectivity index (χ1) is 13.0. The number of Topliss-reactive ketones (excluding diaryl/α,β-unsaturated/α-hetero) is 1. The van der Waals surface area contributed by atoms with Crippen molar-refractivity contribution < 1.29 is 19.1 Å². The Morgan fingerprint density at radius 2 is 1.70 bits per heavy atom. The molecule has 2 aromatic carbocycles. The monoisotopic (exact) mass is 383 g/mol. The number of nitrogens with one attached hydrogen (secondary N) is 1. The molecule has 2 rings (SSSR count). The molecule has 5 nitrogen and oxygen atoms in total. The van der Waals surface area contributed by atoms with E-state index in [1.807, 2.05) is 30.5 Å². The summed E-state index contributed by atoms with van der Waals surface area (Å²) in [4.78, 5) is 36.3. The molecule has 0 heterocycles. The highest BCUT2D eigenvalue weighted by Crippen LogP contribution is 2.15. The van der Waals surface area contributed by atoms with Crippen LogP contribution in [0.5, 0.6) is 0 Å². The fraction of sp³-hybridized carbons (Fsp3) is 0.190. The highest BCUT2D eigenvalue weighted by atomic mass is 32.2. The minimum absolute atomic E-state index is 0.0992. The number of ether oxygens (including phenoxy) is 1. The highest BCUT2D eigenvalue weighted by molar-refractivity contribution is 7.98. The van der Waals surface area contributed by atoms with Crippen molar-refractivity contribution in [2.24, 2.45) is 0 Å². The van der Waals surface area contributed by atoms with Crippen LogP contribution in [0.3, 0.4) is 0 Å². The number of thioether (sulfide) groups is 1. The third-order valence-electron chi connectivity index (χ3n) is 3.68. The van der Waals surface area contributed by atoms with Crippen LogP contribution >= 0.6 is 11.8 Å². The molecule has 0 saturated carbocycles. The van der Waals surface area contributed by atoms with E-state index in [1.54, 1.807) is 49.0 Å². The van der Waals surface area contributed by atoms with Gasteiger partial charge in [-0.2, -0.15) is 0 Å². The smallest absolute Gasteiger partial charge is 0.331 e. The van der Waals surface area contributed by atoms with Gasteiger partial charge in [-0.25, -0.2) is 4.79 Å². The Labute approximate surface area is 162 Å². The van der Waals surface area contributed by atoms with Gasteiger partial charge in [-0.3, -0.25) is 9.59 Å². The van der Waals surface area contributed by atoms with Crippen LogP contribution in [-0.4, -0.2) is 30.5 Å². The summed E-state index contributed by atoms with van der Waals surface area (Å²) in [6.07, 6.45) is 5.31. The van der Waals surface area contributed by atoms with Crippen molar-refractivity contribution in [2.45, 2.75) is 18.2 Å². The van der Waals surface area contributed by atoms with Crippen LogP contribution in [0.1, 0.15) is 29.3 Å². The minimum Gasteiger partial charge on any atom is -0.454 e. The van der Waals surface area contributed by atoms with E-state index >= 15 is 0 Å². The van der Waals surface area contributed by atoms with E-state index in [1.165, 1.54) is 6.08 Å². The number of esters is 1. The molecule has 27 heavy (non-hydrogen) atoms. The number of hydrogen-bond acceptors (Lipinski definition) is 5. The molecule has 0 aliphatic rings. The third kappa shape index (κ3) is 6.75. The lowest BCUT2D eigenvalue weighted by Crippen LogP contribution is -2.13. The number of anilines is 1. The van der Waals surface area contributed by atoms with Crippen molar-refractivity contribution >= 4 is 41.2 Å². The second-order valence-electron chi connectivity index (χ2n) is 5.62. The lowest BCUT2D eigenvalue weighted by Gasteiger charge is -2.05. The maximum atomic E-state index is 12.1. The van der Waals surface area contributed by atoms with Gasteiger partial charge in [0.15, 0.2) is 12.4 Å². The summed E-state index contributed by atoms with van der Waals surface area (Å²) >= 11 is 1.64. The molecule has 0 aromatic heterocycles. The van der Waals surface area contributed by atoms with Gasteiger partial charge in [0.25, 0.3) is 0 Å². The summed E-state index contributed by atoms with van der Waals surface area (Å²) in [6.45, 7) is 1.42. The number of amides is 1. The van der Waals surface area contributed by atoms with Gasteiger partial charge in [-0.1, -0.05) is 19.1 Å². The molecular formula is C21H21NO4S. The zero-order chi connectivity index (χ0) is 19.6. The number of benzene rings is 2. The highest BCUT2D eigenvalue weighted by Gasteiger charge is 2.09. The van der Waals surface area contributed by atoms with E-state index in [4.69, 9.17) is 4.74 Å². The van der Waals surface area contributed by atoms with Crippen LogP contribution < -0.4 is 5.32 Å². The molecule has 6 heteroatoms. The molecule has 0 saturated heterocycles. The van der Waals surface area contributed by atoms with Gasteiger partial charge < -0.3 is 10.1 Å². The van der Waals surface area contributed by atoms with Gasteiger partial charge in [0, 0.05) is 28.6 Å².